The molecule has 5 heteroatoms. The standard InChI is InChI=1S/Co.Cr.Fe.H2O.Zn/h;;;1H2;. The SMILES string of the molecule is O.[Co].[Cr].[Fe].[Zn]. The first kappa shape index (κ1) is 58.7. The molecule has 1 nitrogen and oxygen atoms in total. The molecular formula is H2CoCrFeOZn. The summed E-state index contributed by atoms with van der Waals surface area (Å²) in [4.78, 5) is 0. The molecule has 0 aliphatic heterocycles. The smallest absolute Gasteiger partial charge is 0 e. The molecule has 0 unspecified atom stereocenters. The summed E-state index contributed by atoms with van der Waals surface area (Å²) in [7, 11) is 0. The maximum absolute atomic E-state index is 0. The Bertz CT molecular complexity index is 11.6. The van der Waals surface area contributed by atoms with Crippen molar-refractivity contribution in [1.29, 1.82) is 0 Å². The van der Waals surface area contributed by atoms with Gasteiger partial charge in [0.05, 0.1) is 0 Å². The van der Waals surface area contributed by atoms with Gasteiger partial charge >= 0.3 is 0 Å². The summed E-state index contributed by atoms with van der Waals surface area (Å²) >= 11 is 0. The van der Waals surface area contributed by atoms with Crippen LogP contribution in [0.4, 0.5) is 0 Å². The molecule has 0 spiro atoms. The second-order valence-electron chi connectivity index (χ2n) is 0. The van der Waals surface area contributed by atoms with E-state index in [1.807, 2.05) is 0 Å². The van der Waals surface area contributed by atoms with E-state index in [1.165, 1.54) is 0 Å². The van der Waals surface area contributed by atoms with Crippen molar-refractivity contribution in [2.75, 3.05) is 0 Å². The Morgan fingerprint density at radius 2 is 1.00 bits per heavy atom. The molecule has 0 heterocycles. The van der Waals surface area contributed by atoms with E-state index in [-0.39, 0.29) is 76.2 Å². The van der Waals surface area contributed by atoms with Crippen LogP contribution in [0.1, 0.15) is 0 Å². The van der Waals surface area contributed by atoms with Crippen LogP contribution in [-0.2, 0) is 70.7 Å². The number of hydrogen-bond donors (Lipinski definition) is 0. The third-order valence-electron chi connectivity index (χ3n) is 0. The van der Waals surface area contributed by atoms with Crippen LogP contribution in [0.15, 0.2) is 0 Å². The Morgan fingerprint density at radius 3 is 1.00 bits per heavy atom. The molecule has 0 fully saturated rings. The normalized spacial score (nSPS) is 0. The fraction of sp³-hybridized carbons (Fsp3) is 0. The van der Waals surface area contributed by atoms with Crippen LogP contribution in [0.5, 0.6) is 0 Å². The second kappa shape index (κ2) is 35.4. The van der Waals surface area contributed by atoms with Crippen molar-refractivity contribution in [3.05, 3.63) is 0 Å². The van der Waals surface area contributed by atoms with E-state index in [0.29, 0.717) is 0 Å². The zero-order valence-electron chi connectivity index (χ0n) is 2.30. The van der Waals surface area contributed by atoms with E-state index in [0.717, 1.165) is 0 Å². The quantitative estimate of drug-likeness (QED) is 0.502. The summed E-state index contributed by atoms with van der Waals surface area (Å²) in [5.74, 6) is 0. The minimum atomic E-state index is 0. The zero-order chi connectivity index (χ0) is 0. The molecule has 0 aromatic carbocycles. The second-order valence-corrected chi connectivity index (χ2v) is 0. The maximum atomic E-state index is 0. The van der Waals surface area contributed by atoms with E-state index in [1.54, 1.807) is 0 Å². The van der Waals surface area contributed by atoms with Gasteiger partial charge in [0, 0.05) is 70.7 Å². The maximum Gasteiger partial charge on any atom is 0 e. The molecule has 0 atom stereocenters. The summed E-state index contributed by atoms with van der Waals surface area (Å²) in [6.45, 7) is 0. The monoisotopic (exact) mass is 249 g/mol. The van der Waals surface area contributed by atoms with E-state index < -0.39 is 0 Å². The first-order valence-corrected chi connectivity index (χ1v) is 0. The molecule has 0 aliphatic rings. The minimum absolute atomic E-state index is 0. The Kier molecular flexibility index (Phi) is 416. The van der Waals surface area contributed by atoms with Crippen molar-refractivity contribution in [3.8, 4) is 0 Å². The topological polar surface area (TPSA) is 31.5 Å². The Hall–Kier alpha value is 2.14. The van der Waals surface area contributed by atoms with Gasteiger partial charge in [0.1, 0.15) is 0 Å². The molecule has 0 bridgehead atoms. The van der Waals surface area contributed by atoms with Gasteiger partial charge in [0.15, 0.2) is 0 Å². The van der Waals surface area contributed by atoms with E-state index in [2.05, 4.69) is 0 Å². The van der Waals surface area contributed by atoms with Crippen LogP contribution in [0.25, 0.3) is 0 Å². The average molecular weight is 250 g/mol. The van der Waals surface area contributed by atoms with E-state index in [4.69, 9.17) is 0 Å². The Labute approximate surface area is 75.5 Å². The summed E-state index contributed by atoms with van der Waals surface area (Å²) in [6.07, 6.45) is 0. The van der Waals surface area contributed by atoms with Crippen molar-refractivity contribution in [1.82, 2.24) is 0 Å². The van der Waals surface area contributed by atoms with Gasteiger partial charge in [-0.2, -0.15) is 0 Å². The van der Waals surface area contributed by atoms with Crippen LogP contribution < -0.4 is 0 Å². The fourth-order valence-electron chi connectivity index (χ4n) is 0. The molecule has 0 amide bonds. The number of hydrogen-bond acceptors (Lipinski definition) is 0. The third kappa shape index (κ3) is 23.0. The molecule has 0 aliphatic carbocycles. The molecule has 0 aromatic rings. The molecule has 0 rings (SSSR count). The molecule has 5 heavy (non-hydrogen) atoms. The van der Waals surface area contributed by atoms with Gasteiger partial charge in [-0.25, -0.2) is 0 Å². The molecule has 2 N–H and O–H groups in total. The van der Waals surface area contributed by atoms with Crippen LogP contribution in [0.3, 0.4) is 0 Å². The Balaban J connectivity index is 0. The summed E-state index contributed by atoms with van der Waals surface area (Å²) < 4.78 is 0. The van der Waals surface area contributed by atoms with Gasteiger partial charge in [0.2, 0.25) is 0 Å². The predicted molar refractivity (Wildman–Crippen MR) is 3.61 cm³/mol. The van der Waals surface area contributed by atoms with Gasteiger partial charge in [-0.15, -0.1) is 0 Å². The first-order chi connectivity index (χ1) is 0. The first-order valence-electron chi connectivity index (χ1n) is 0. The van der Waals surface area contributed by atoms with Crippen molar-refractivity contribution >= 4 is 0 Å². The number of rotatable bonds is 0. The summed E-state index contributed by atoms with van der Waals surface area (Å²) in [6, 6.07) is 0. The van der Waals surface area contributed by atoms with E-state index in [9.17, 15) is 0 Å². The fourth-order valence-corrected chi connectivity index (χ4v) is 0. The molecular weight excluding hydrogens is 248 g/mol. The largest absolute Gasteiger partial charge is 0.412 e. The van der Waals surface area contributed by atoms with Crippen molar-refractivity contribution < 1.29 is 76.2 Å². The van der Waals surface area contributed by atoms with Gasteiger partial charge in [-0.3, -0.25) is 0 Å². The van der Waals surface area contributed by atoms with Gasteiger partial charge in [-0.1, -0.05) is 0 Å². The van der Waals surface area contributed by atoms with Gasteiger partial charge in [-0.05, 0) is 0 Å². The van der Waals surface area contributed by atoms with Gasteiger partial charge < -0.3 is 5.48 Å². The summed E-state index contributed by atoms with van der Waals surface area (Å²) in [5.41, 5.74) is 0. The van der Waals surface area contributed by atoms with Crippen molar-refractivity contribution in [2.24, 2.45) is 0 Å². The van der Waals surface area contributed by atoms with Gasteiger partial charge in [0.25, 0.3) is 0 Å². The third-order valence-corrected chi connectivity index (χ3v) is 0. The van der Waals surface area contributed by atoms with Crippen LogP contribution in [0, 0.1) is 0 Å². The van der Waals surface area contributed by atoms with Crippen LogP contribution in [-0.4, -0.2) is 5.48 Å². The molecule has 0 aromatic heterocycles. The van der Waals surface area contributed by atoms with Crippen molar-refractivity contribution in [2.45, 2.75) is 0 Å². The molecule has 0 saturated carbocycles. The minimum Gasteiger partial charge on any atom is -0.412 e. The zero-order valence-corrected chi connectivity index (χ0v) is 8.69. The predicted octanol–water partition coefficient (Wildman–Crippen LogP) is -0.835. The molecule has 1 radical (unpaired) electrons. The van der Waals surface area contributed by atoms with Crippen LogP contribution in [0.2, 0.25) is 0 Å². The van der Waals surface area contributed by atoms with E-state index >= 15 is 0 Å². The average Bonchev–Trinajstić information content (AvgIpc) is 0. The molecule has 0 saturated heterocycles. The summed E-state index contributed by atoms with van der Waals surface area (Å²) in [5, 5.41) is 0. The Morgan fingerprint density at radius 1 is 1.00 bits per heavy atom. The molecule has 33 valence electrons. The van der Waals surface area contributed by atoms with Crippen molar-refractivity contribution in [3.63, 3.8) is 0 Å². The van der Waals surface area contributed by atoms with Crippen LogP contribution >= 0.6 is 0 Å².